The number of nitrogens with zero attached hydrogens (tertiary/aromatic N) is 5. The average molecular weight is 396 g/mol. The summed E-state index contributed by atoms with van der Waals surface area (Å²) in [5.41, 5.74) is 2.53. The fourth-order valence-electron chi connectivity index (χ4n) is 3.20. The molecule has 0 saturated carbocycles. The smallest absolute Gasteiger partial charge is 0.272 e. The van der Waals surface area contributed by atoms with Gasteiger partial charge in [-0.25, -0.2) is 9.97 Å². The Bertz CT molecular complexity index is 1230. The first kappa shape index (κ1) is 18.2. The van der Waals surface area contributed by atoms with Gasteiger partial charge in [-0.1, -0.05) is 17.7 Å². The van der Waals surface area contributed by atoms with Crippen molar-refractivity contribution in [1.82, 2.24) is 24.4 Å². The number of rotatable bonds is 3. The molecule has 4 rings (SSSR count). The zero-order valence-electron chi connectivity index (χ0n) is 15.9. The Kier molecular flexibility index (Phi) is 4.39. The lowest BCUT2D eigenvalue weighted by Gasteiger charge is -2.12. The number of amides is 1. The van der Waals surface area contributed by atoms with E-state index in [0.29, 0.717) is 38.9 Å². The fourth-order valence-corrected chi connectivity index (χ4v) is 3.36. The minimum atomic E-state index is -0.202. The number of pyridine rings is 1. The third-order valence-corrected chi connectivity index (χ3v) is 4.85. The van der Waals surface area contributed by atoms with Crippen molar-refractivity contribution in [3.8, 4) is 17.1 Å². The van der Waals surface area contributed by atoms with Gasteiger partial charge in [-0.05, 0) is 18.2 Å². The van der Waals surface area contributed by atoms with Crippen molar-refractivity contribution in [1.29, 1.82) is 0 Å². The summed E-state index contributed by atoms with van der Waals surface area (Å²) in [5.74, 6) is 0.790. The van der Waals surface area contributed by atoms with Gasteiger partial charge in [-0.3, -0.25) is 9.78 Å². The molecule has 142 valence electrons. The van der Waals surface area contributed by atoms with Gasteiger partial charge in [0.25, 0.3) is 5.91 Å². The van der Waals surface area contributed by atoms with Crippen LogP contribution in [0.15, 0.2) is 36.7 Å². The Morgan fingerprint density at radius 2 is 1.96 bits per heavy atom. The van der Waals surface area contributed by atoms with E-state index in [9.17, 15) is 4.79 Å². The molecule has 28 heavy (non-hydrogen) atoms. The highest BCUT2D eigenvalue weighted by Crippen LogP contribution is 2.33. The molecule has 3 aromatic heterocycles. The van der Waals surface area contributed by atoms with Crippen molar-refractivity contribution >= 4 is 39.4 Å². The van der Waals surface area contributed by atoms with E-state index in [2.05, 4.69) is 9.97 Å². The number of carbonyl (C=O) groups excluding carboxylic acids is 1. The first-order valence-electron chi connectivity index (χ1n) is 8.57. The van der Waals surface area contributed by atoms with Crippen LogP contribution >= 0.6 is 11.6 Å². The van der Waals surface area contributed by atoms with Crippen LogP contribution < -0.4 is 4.74 Å². The molecule has 8 heteroatoms. The molecule has 0 aliphatic carbocycles. The second kappa shape index (κ2) is 6.76. The quantitative estimate of drug-likeness (QED) is 0.530. The number of methoxy groups -OCH3 is 1. The van der Waals surface area contributed by atoms with Crippen LogP contribution in [0.2, 0.25) is 5.02 Å². The second-order valence-electron chi connectivity index (χ2n) is 6.63. The minimum absolute atomic E-state index is 0.202. The molecule has 0 aliphatic rings. The molecule has 0 unspecified atom stereocenters. The molecule has 0 aliphatic heterocycles. The van der Waals surface area contributed by atoms with E-state index in [4.69, 9.17) is 21.3 Å². The number of hydrogen-bond acceptors (Lipinski definition) is 5. The summed E-state index contributed by atoms with van der Waals surface area (Å²) in [6.45, 7) is 0. The van der Waals surface area contributed by atoms with Crippen LogP contribution in [0.4, 0.5) is 0 Å². The van der Waals surface area contributed by atoms with Crippen molar-refractivity contribution in [2.24, 2.45) is 7.05 Å². The van der Waals surface area contributed by atoms with E-state index in [-0.39, 0.29) is 5.91 Å². The van der Waals surface area contributed by atoms with Crippen LogP contribution in [0.5, 0.6) is 5.75 Å². The van der Waals surface area contributed by atoms with Crippen molar-refractivity contribution in [2.45, 2.75) is 0 Å². The van der Waals surface area contributed by atoms with Crippen molar-refractivity contribution in [3.63, 3.8) is 0 Å². The van der Waals surface area contributed by atoms with Gasteiger partial charge in [-0.2, -0.15) is 0 Å². The fraction of sp³-hybridized carbons (Fsp3) is 0.200. The summed E-state index contributed by atoms with van der Waals surface area (Å²) < 4.78 is 7.17. The summed E-state index contributed by atoms with van der Waals surface area (Å²) in [6, 6.07) is 7.34. The number of ether oxygens (including phenoxy) is 1. The molecular formula is C20H18ClN5O2. The topological polar surface area (TPSA) is 73.1 Å². The van der Waals surface area contributed by atoms with Gasteiger partial charge in [0.05, 0.1) is 24.2 Å². The number of halogens is 1. The van der Waals surface area contributed by atoms with Crippen molar-refractivity contribution < 1.29 is 9.53 Å². The van der Waals surface area contributed by atoms with Crippen LogP contribution in [-0.2, 0) is 7.05 Å². The van der Waals surface area contributed by atoms with E-state index >= 15 is 0 Å². The Labute approximate surface area is 166 Å². The van der Waals surface area contributed by atoms with Gasteiger partial charge in [0.1, 0.15) is 17.1 Å². The van der Waals surface area contributed by atoms with Gasteiger partial charge in [0.2, 0.25) is 0 Å². The lowest BCUT2D eigenvalue weighted by molar-refractivity contribution is 0.0824. The zero-order valence-corrected chi connectivity index (χ0v) is 16.7. The van der Waals surface area contributed by atoms with E-state index in [0.717, 1.165) is 10.9 Å². The first-order valence-corrected chi connectivity index (χ1v) is 8.95. The minimum Gasteiger partial charge on any atom is -0.495 e. The molecule has 0 radical (unpaired) electrons. The lowest BCUT2D eigenvalue weighted by Crippen LogP contribution is -2.23. The number of aryl methyl sites for hydroxylation is 1. The van der Waals surface area contributed by atoms with Crippen molar-refractivity contribution in [2.75, 3.05) is 21.2 Å². The molecular weight excluding hydrogens is 378 g/mol. The van der Waals surface area contributed by atoms with Gasteiger partial charge in [-0.15, -0.1) is 0 Å². The lowest BCUT2D eigenvalue weighted by atomic mass is 10.1. The molecule has 0 fully saturated rings. The molecule has 1 aromatic carbocycles. The zero-order chi connectivity index (χ0) is 20.0. The maximum Gasteiger partial charge on any atom is 0.272 e. The first-order chi connectivity index (χ1) is 13.4. The molecule has 0 atom stereocenters. The molecule has 0 saturated heterocycles. The molecule has 3 heterocycles. The number of hydrogen-bond donors (Lipinski definition) is 0. The highest BCUT2D eigenvalue weighted by molar-refractivity contribution is 6.31. The average Bonchev–Trinajstić information content (AvgIpc) is 2.98. The number of carbonyl (C=O) groups is 1. The van der Waals surface area contributed by atoms with Gasteiger partial charge < -0.3 is 14.2 Å². The summed E-state index contributed by atoms with van der Waals surface area (Å²) in [7, 11) is 6.86. The molecule has 7 nitrogen and oxygen atoms in total. The maximum absolute atomic E-state index is 12.9. The van der Waals surface area contributed by atoms with Gasteiger partial charge in [0, 0.05) is 43.3 Å². The SMILES string of the molecule is COc1cncc(-c2nc(C(=O)N(C)C)c3c4ccc(Cl)cc4n(C)c3n2)c1. The third-order valence-electron chi connectivity index (χ3n) is 4.61. The summed E-state index contributed by atoms with van der Waals surface area (Å²) in [6.07, 6.45) is 3.25. The molecule has 4 aromatic rings. The third kappa shape index (κ3) is 2.84. The highest BCUT2D eigenvalue weighted by atomic mass is 35.5. The molecule has 1 amide bonds. The standard InChI is InChI=1S/C20H18ClN5O2/c1-25(2)20(27)17-16-14-6-5-12(21)8-15(14)26(3)19(16)24-18(23-17)11-7-13(28-4)10-22-9-11/h5-10H,1-4H3. The summed E-state index contributed by atoms with van der Waals surface area (Å²) in [4.78, 5) is 28.0. The van der Waals surface area contributed by atoms with Crippen LogP contribution in [0.1, 0.15) is 10.5 Å². The molecule has 0 bridgehead atoms. The Morgan fingerprint density at radius 3 is 2.68 bits per heavy atom. The van der Waals surface area contributed by atoms with E-state index in [1.807, 2.05) is 23.7 Å². The predicted octanol–water partition coefficient (Wildman–Crippen LogP) is 3.55. The van der Waals surface area contributed by atoms with Gasteiger partial charge in [0.15, 0.2) is 5.82 Å². The van der Waals surface area contributed by atoms with E-state index < -0.39 is 0 Å². The Hall–Kier alpha value is -3.19. The second-order valence-corrected chi connectivity index (χ2v) is 7.06. The van der Waals surface area contributed by atoms with Crippen LogP contribution in [0.3, 0.4) is 0 Å². The molecule has 0 N–H and O–H groups in total. The Morgan fingerprint density at radius 1 is 1.18 bits per heavy atom. The number of fused-ring (bicyclic) bond motifs is 3. The Balaban J connectivity index is 2.10. The highest BCUT2D eigenvalue weighted by Gasteiger charge is 2.23. The van der Waals surface area contributed by atoms with E-state index in [1.165, 1.54) is 4.90 Å². The largest absolute Gasteiger partial charge is 0.495 e. The number of aromatic nitrogens is 4. The summed E-state index contributed by atoms with van der Waals surface area (Å²) >= 11 is 6.18. The van der Waals surface area contributed by atoms with Crippen LogP contribution in [0.25, 0.3) is 33.3 Å². The monoisotopic (exact) mass is 395 g/mol. The number of benzene rings is 1. The van der Waals surface area contributed by atoms with Gasteiger partial charge >= 0.3 is 0 Å². The van der Waals surface area contributed by atoms with Crippen molar-refractivity contribution in [3.05, 3.63) is 47.4 Å². The van der Waals surface area contributed by atoms with Crippen LogP contribution in [-0.4, -0.2) is 51.5 Å². The van der Waals surface area contributed by atoms with Crippen LogP contribution in [0, 0.1) is 0 Å². The summed E-state index contributed by atoms with van der Waals surface area (Å²) in [5, 5.41) is 2.19. The molecule has 0 spiro atoms. The maximum atomic E-state index is 12.9. The normalized spacial score (nSPS) is 11.2. The predicted molar refractivity (Wildman–Crippen MR) is 109 cm³/mol. The van der Waals surface area contributed by atoms with E-state index in [1.54, 1.807) is 45.7 Å².